The second-order valence-corrected chi connectivity index (χ2v) is 6.36. The lowest BCUT2D eigenvalue weighted by molar-refractivity contribution is -0.385. The standard InChI is InChI=1S/C13H18BrN3O2/c1-13(2)9-15-5-6-16(13)8-10-3-4-11(14)7-12(10)17(18)19/h3-4,7,15H,5-6,8-9H2,1-2H3. The maximum atomic E-state index is 11.1. The lowest BCUT2D eigenvalue weighted by Gasteiger charge is -2.42. The molecule has 1 aliphatic heterocycles. The predicted molar refractivity (Wildman–Crippen MR) is 78.2 cm³/mol. The number of benzene rings is 1. The normalized spacial score (nSPS) is 19.3. The Hall–Kier alpha value is -0.980. The van der Waals surface area contributed by atoms with Crippen molar-refractivity contribution in [1.82, 2.24) is 10.2 Å². The van der Waals surface area contributed by atoms with E-state index in [0.29, 0.717) is 6.54 Å². The van der Waals surface area contributed by atoms with Gasteiger partial charge in [-0.25, -0.2) is 0 Å². The van der Waals surface area contributed by atoms with E-state index >= 15 is 0 Å². The molecule has 1 aromatic carbocycles. The maximum absolute atomic E-state index is 11.1. The summed E-state index contributed by atoms with van der Waals surface area (Å²) < 4.78 is 0.738. The Kier molecular flexibility index (Phi) is 4.23. The van der Waals surface area contributed by atoms with E-state index in [1.54, 1.807) is 6.07 Å². The van der Waals surface area contributed by atoms with Crippen LogP contribution in [0.1, 0.15) is 19.4 Å². The van der Waals surface area contributed by atoms with Crippen LogP contribution in [0.15, 0.2) is 22.7 Å². The van der Waals surface area contributed by atoms with Crippen LogP contribution in [0.2, 0.25) is 0 Å². The molecule has 0 amide bonds. The molecule has 104 valence electrons. The summed E-state index contributed by atoms with van der Waals surface area (Å²) in [5.74, 6) is 0. The molecule has 1 heterocycles. The molecule has 0 aliphatic carbocycles. The summed E-state index contributed by atoms with van der Waals surface area (Å²) in [5.41, 5.74) is 0.964. The summed E-state index contributed by atoms with van der Waals surface area (Å²) in [5, 5.41) is 14.5. The summed E-state index contributed by atoms with van der Waals surface area (Å²) in [4.78, 5) is 13.1. The van der Waals surface area contributed by atoms with Crippen molar-refractivity contribution >= 4 is 21.6 Å². The molecule has 5 nitrogen and oxygen atoms in total. The van der Waals surface area contributed by atoms with E-state index in [1.165, 1.54) is 0 Å². The molecule has 0 saturated carbocycles. The minimum absolute atomic E-state index is 0.0131. The number of nitro benzene ring substituents is 1. The van der Waals surface area contributed by atoms with Crippen molar-refractivity contribution in [3.05, 3.63) is 38.3 Å². The van der Waals surface area contributed by atoms with E-state index in [4.69, 9.17) is 0 Å². The Morgan fingerprint density at radius 3 is 2.89 bits per heavy atom. The third-order valence-corrected chi connectivity index (χ3v) is 4.07. The molecule has 1 N–H and O–H groups in total. The number of rotatable bonds is 3. The van der Waals surface area contributed by atoms with Crippen LogP contribution >= 0.6 is 15.9 Å². The van der Waals surface area contributed by atoms with E-state index in [9.17, 15) is 10.1 Å². The van der Waals surface area contributed by atoms with Gasteiger partial charge in [0.15, 0.2) is 0 Å². The van der Waals surface area contributed by atoms with Crippen LogP contribution in [-0.2, 0) is 6.54 Å². The second kappa shape index (κ2) is 5.56. The van der Waals surface area contributed by atoms with E-state index in [-0.39, 0.29) is 16.1 Å². The minimum atomic E-state index is -0.310. The lowest BCUT2D eigenvalue weighted by Crippen LogP contribution is -2.57. The van der Waals surface area contributed by atoms with E-state index < -0.39 is 0 Å². The third kappa shape index (κ3) is 3.32. The molecule has 0 radical (unpaired) electrons. The maximum Gasteiger partial charge on any atom is 0.275 e. The number of nitro groups is 1. The fourth-order valence-corrected chi connectivity index (χ4v) is 2.71. The zero-order valence-electron chi connectivity index (χ0n) is 11.1. The van der Waals surface area contributed by atoms with Crippen molar-refractivity contribution in [1.29, 1.82) is 0 Å². The van der Waals surface area contributed by atoms with Crippen molar-refractivity contribution in [2.75, 3.05) is 19.6 Å². The van der Waals surface area contributed by atoms with Crippen LogP contribution in [0.25, 0.3) is 0 Å². The zero-order chi connectivity index (χ0) is 14.0. The SMILES string of the molecule is CC1(C)CNCCN1Cc1ccc(Br)cc1[N+](=O)[O-]. The Morgan fingerprint density at radius 2 is 2.26 bits per heavy atom. The molecule has 1 saturated heterocycles. The molecule has 0 atom stereocenters. The first kappa shape index (κ1) is 14.4. The van der Waals surface area contributed by atoms with Gasteiger partial charge in [0.1, 0.15) is 0 Å². The summed E-state index contributed by atoms with van der Waals surface area (Å²) in [6.07, 6.45) is 0. The number of piperazine rings is 1. The van der Waals surface area contributed by atoms with Gasteiger partial charge >= 0.3 is 0 Å². The monoisotopic (exact) mass is 327 g/mol. The van der Waals surface area contributed by atoms with E-state index in [0.717, 1.165) is 29.7 Å². The van der Waals surface area contributed by atoms with Gasteiger partial charge in [-0.15, -0.1) is 0 Å². The highest BCUT2D eigenvalue weighted by Crippen LogP contribution is 2.27. The number of halogens is 1. The quantitative estimate of drug-likeness (QED) is 0.684. The van der Waals surface area contributed by atoms with Crippen LogP contribution in [0.4, 0.5) is 5.69 Å². The highest BCUT2D eigenvalue weighted by atomic mass is 79.9. The Bertz CT molecular complexity index is 491. The van der Waals surface area contributed by atoms with Gasteiger partial charge in [0.05, 0.1) is 4.92 Å². The molecular formula is C13H18BrN3O2. The molecule has 0 unspecified atom stereocenters. The Morgan fingerprint density at radius 1 is 1.53 bits per heavy atom. The van der Waals surface area contributed by atoms with Gasteiger partial charge in [-0.1, -0.05) is 15.9 Å². The van der Waals surface area contributed by atoms with Crippen molar-refractivity contribution in [2.45, 2.75) is 25.9 Å². The van der Waals surface area contributed by atoms with Gasteiger partial charge in [-0.05, 0) is 26.0 Å². The predicted octanol–water partition coefficient (Wildman–Crippen LogP) is 2.54. The van der Waals surface area contributed by atoms with Gasteiger partial charge < -0.3 is 5.32 Å². The minimum Gasteiger partial charge on any atom is -0.314 e. The third-order valence-electron chi connectivity index (χ3n) is 3.58. The van der Waals surface area contributed by atoms with Gasteiger partial charge in [0.2, 0.25) is 0 Å². The van der Waals surface area contributed by atoms with Crippen molar-refractivity contribution in [3.63, 3.8) is 0 Å². The molecule has 0 spiro atoms. The molecular weight excluding hydrogens is 310 g/mol. The zero-order valence-corrected chi connectivity index (χ0v) is 12.7. The Labute approximate surface area is 121 Å². The number of nitrogens with zero attached hydrogens (tertiary/aromatic N) is 2. The second-order valence-electron chi connectivity index (χ2n) is 5.44. The molecule has 0 aromatic heterocycles. The highest BCUT2D eigenvalue weighted by molar-refractivity contribution is 9.10. The van der Waals surface area contributed by atoms with Crippen molar-refractivity contribution < 1.29 is 4.92 Å². The topological polar surface area (TPSA) is 58.4 Å². The molecule has 6 heteroatoms. The fraction of sp³-hybridized carbons (Fsp3) is 0.538. The molecule has 0 bridgehead atoms. The number of hydrogen-bond acceptors (Lipinski definition) is 4. The number of hydrogen-bond donors (Lipinski definition) is 1. The lowest BCUT2D eigenvalue weighted by atomic mass is 9.99. The first-order valence-electron chi connectivity index (χ1n) is 6.29. The summed E-state index contributed by atoms with van der Waals surface area (Å²) in [7, 11) is 0. The smallest absolute Gasteiger partial charge is 0.275 e. The molecule has 19 heavy (non-hydrogen) atoms. The van der Waals surface area contributed by atoms with Gasteiger partial charge in [-0.3, -0.25) is 15.0 Å². The Balaban J connectivity index is 2.25. The molecule has 2 rings (SSSR count). The summed E-state index contributed by atoms with van der Waals surface area (Å²) in [6, 6.07) is 5.27. The van der Waals surface area contributed by atoms with E-state index in [2.05, 4.69) is 40.0 Å². The first-order chi connectivity index (χ1) is 8.90. The van der Waals surface area contributed by atoms with Gasteiger partial charge in [-0.2, -0.15) is 0 Å². The van der Waals surface area contributed by atoms with Crippen LogP contribution in [0.3, 0.4) is 0 Å². The highest BCUT2D eigenvalue weighted by Gasteiger charge is 2.30. The van der Waals surface area contributed by atoms with Crippen molar-refractivity contribution in [2.24, 2.45) is 0 Å². The van der Waals surface area contributed by atoms with E-state index in [1.807, 2.05) is 12.1 Å². The molecule has 1 aliphatic rings. The average molecular weight is 328 g/mol. The van der Waals surface area contributed by atoms with Crippen LogP contribution in [-0.4, -0.2) is 35.0 Å². The van der Waals surface area contributed by atoms with Crippen LogP contribution in [0, 0.1) is 10.1 Å². The molecule has 1 fully saturated rings. The van der Waals surface area contributed by atoms with Crippen molar-refractivity contribution in [3.8, 4) is 0 Å². The summed E-state index contributed by atoms with van der Waals surface area (Å²) >= 11 is 3.28. The van der Waals surface area contributed by atoms with Gasteiger partial charge in [0.25, 0.3) is 5.69 Å². The largest absolute Gasteiger partial charge is 0.314 e. The summed E-state index contributed by atoms with van der Waals surface area (Å²) in [6.45, 7) is 7.65. The average Bonchev–Trinajstić information content (AvgIpc) is 2.33. The fourth-order valence-electron chi connectivity index (χ4n) is 2.36. The van der Waals surface area contributed by atoms with Gasteiger partial charge in [0, 0.05) is 47.8 Å². The number of nitrogens with one attached hydrogen (secondary N) is 1. The van der Waals surface area contributed by atoms with Crippen LogP contribution < -0.4 is 5.32 Å². The molecule has 1 aromatic rings. The first-order valence-corrected chi connectivity index (χ1v) is 7.08. The van der Waals surface area contributed by atoms with Crippen LogP contribution in [0.5, 0.6) is 0 Å².